The average molecular weight is 252 g/mol. The molecule has 0 aromatic heterocycles. The molecule has 0 aliphatic carbocycles. The van der Waals surface area contributed by atoms with Crippen LogP contribution < -0.4 is 5.43 Å². The average Bonchev–Trinajstić information content (AvgIpc) is 2.49. The van der Waals surface area contributed by atoms with Crippen molar-refractivity contribution in [2.24, 2.45) is 5.10 Å². The molecule has 0 atom stereocenters. The fraction of sp³-hybridized carbons (Fsp3) is 0.125. The lowest BCUT2D eigenvalue weighted by Gasteiger charge is -1.99. The Morgan fingerprint density at radius 1 is 1.00 bits per heavy atom. The van der Waals surface area contributed by atoms with Gasteiger partial charge < -0.3 is 0 Å². The van der Waals surface area contributed by atoms with Gasteiger partial charge in [-0.2, -0.15) is 5.10 Å². The van der Waals surface area contributed by atoms with Gasteiger partial charge >= 0.3 is 0 Å². The molecule has 0 heterocycles. The normalized spacial score (nSPS) is 10.5. The van der Waals surface area contributed by atoms with E-state index in [0.717, 1.165) is 12.8 Å². The monoisotopic (exact) mass is 252 g/mol. The molecule has 0 radical (unpaired) electrons. The summed E-state index contributed by atoms with van der Waals surface area (Å²) < 4.78 is 0. The number of nitrogens with one attached hydrogen (secondary N) is 1. The highest BCUT2D eigenvalue weighted by atomic mass is 16.2. The van der Waals surface area contributed by atoms with Gasteiger partial charge in [-0.1, -0.05) is 48.5 Å². The largest absolute Gasteiger partial charge is 0.271 e. The van der Waals surface area contributed by atoms with Gasteiger partial charge in [0, 0.05) is 11.8 Å². The molecule has 3 nitrogen and oxygen atoms in total. The fourth-order valence-corrected chi connectivity index (χ4v) is 1.70. The second-order valence-corrected chi connectivity index (χ2v) is 4.14. The quantitative estimate of drug-likeness (QED) is 0.645. The van der Waals surface area contributed by atoms with Crippen LogP contribution in [0.4, 0.5) is 0 Å². The summed E-state index contributed by atoms with van der Waals surface area (Å²) >= 11 is 0. The van der Waals surface area contributed by atoms with Gasteiger partial charge in [0.1, 0.15) is 0 Å². The van der Waals surface area contributed by atoms with Gasteiger partial charge in [0.05, 0.1) is 0 Å². The molecule has 1 N–H and O–H groups in total. The van der Waals surface area contributed by atoms with Crippen molar-refractivity contribution in [2.45, 2.75) is 12.8 Å². The summed E-state index contributed by atoms with van der Waals surface area (Å²) in [6, 6.07) is 19.2. The summed E-state index contributed by atoms with van der Waals surface area (Å²) in [6.45, 7) is 0. The number of hydrazone groups is 1. The molecule has 96 valence electrons. The van der Waals surface area contributed by atoms with Crippen molar-refractivity contribution in [2.75, 3.05) is 0 Å². The molecule has 0 saturated heterocycles. The highest BCUT2D eigenvalue weighted by Crippen LogP contribution is 2.01. The van der Waals surface area contributed by atoms with E-state index in [1.165, 1.54) is 5.56 Å². The topological polar surface area (TPSA) is 41.5 Å². The first-order valence-corrected chi connectivity index (χ1v) is 6.27. The SMILES string of the molecule is O=C(N/N=C\CCc1ccccc1)c1ccccc1. The molecule has 0 fully saturated rings. The van der Waals surface area contributed by atoms with Crippen LogP contribution in [0.2, 0.25) is 0 Å². The van der Waals surface area contributed by atoms with Crippen LogP contribution in [-0.2, 0) is 6.42 Å². The maximum atomic E-state index is 11.7. The lowest BCUT2D eigenvalue weighted by atomic mass is 10.1. The van der Waals surface area contributed by atoms with Crippen LogP contribution in [0.25, 0.3) is 0 Å². The Balaban J connectivity index is 1.74. The van der Waals surface area contributed by atoms with Gasteiger partial charge in [-0.3, -0.25) is 4.79 Å². The number of nitrogens with zero attached hydrogens (tertiary/aromatic N) is 1. The van der Waals surface area contributed by atoms with E-state index in [1.807, 2.05) is 36.4 Å². The fourth-order valence-electron chi connectivity index (χ4n) is 1.70. The molecule has 0 aliphatic heterocycles. The number of benzene rings is 2. The minimum atomic E-state index is -0.184. The highest BCUT2D eigenvalue weighted by Gasteiger charge is 2.00. The zero-order valence-electron chi connectivity index (χ0n) is 10.6. The first-order chi connectivity index (χ1) is 9.36. The van der Waals surface area contributed by atoms with Crippen molar-refractivity contribution in [3.63, 3.8) is 0 Å². The number of carbonyl (C=O) groups excluding carboxylic acids is 1. The molecule has 0 aliphatic rings. The zero-order chi connectivity index (χ0) is 13.3. The summed E-state index contributed by atoms with van der Waals surface area (Å²) in [6.07, 6.45) is 3.46. The van der Waals surface area contributed by atoms with Gasteiger partial charge in [0.25, 0.3) is 5.91 Å². The molecular weight excluding hydrogens is 236 g/mol. The lowest BCUT2D eigenvalue weighted by Crippen LogP contribution is -2.17. The zero-order valence-corrected chi connectivity index (χ0v) is 10.6. The molecular formula is C16H16N2O. The molecule has 0 saturated carbocycles. The van der Waals surface area contributed by atoms with Crippen molar-refractivity contribution in [3.8, 4) is 0 Å². The minimum Gasteiger partial charge on any atom is -0.267 e. The number of aryl methyl sites for hydroxylation is 1. The Hall–Kier alpha value is -2.42. The number of carbonyl (C=O) groups is 1. The molecule has 0 spiro atoms. The van der Waals surface area contributed by atoms with Gasteiger partial charge in [-0.15, -0.1) is 0 Å². The summed E-state index contributed by atoms with van der Waals surface area (Å²) in [4.78, 5) is 11.7. The Labute approximate surface area is 113 Å². The van der Waals surface area contributed by atoms with Crippen molar-refractivity contribution in [1.82, 2.24) is 5.43 Å². The molecule has 19 heavy (non-hydrogen) atoms. The predicted octanol–water partition coefficient (Wildman–Crippen LogP) is 3.04. The van der Waals surface area contributed by atoms with Crippen LogP contribution in [0.1, 0.15) is 22.3 Å². The van der Waals surface area contributed by atoms with E-state index >= 15 is 0 Å². The molecule has 0 unspecified atom stereocenters. The lowest BCUT2D eigenvalue weighted by molar-refractivity contribution is 0.0955. The van der Waals surface area contributed by atoms with Crippen LogP contribution >= 0.6 is 0 Å². The molecule has 2 aromatic rings. The van der Waals surface area contributed by atoms with Gasteiger partial charge in [-0.05, 0) is 30.5 Å². The maximum Gasteiger partial charge on any atom is 0.271 e. The van der Waals surface area contributed by atoms with Crippen molar-refractivity contribution in [3.05, 3.63) is 71.8 Å². The summed E-state index contributed by atoms with van der Waals surface area (Å²) in [5.41, 5.74) is 4.40. The van der Waals surface area contributed by atoms with Crippen LogP contribution in [0.15, 0.2) is 65.8 Å². The first kappa shape index (κ1) is 13.0. The number of hydrogen-bond acceptors (Lipinski definition) is 2. The van der Waals surface area contributed by atoms with Crippen LogP contribution in [0.3, 0.4) is 0 Å². The minimum absolute atomic E-state index is 0.184. The highest BCUT2D eigenvalue weighted by molar-refractivity contribution is 5.94. The first-order valence-electron chi connectivity index (χ1n) is 6.27. The van der Waals surface area contributed by atoms with Gasteiger partial charge in [0.2, 0.25) is 0 Å². The predicted molar refractivity (Wildman–Crippen MR) is 77.2 cm³/mol. The number of rotatable bonds is 5. The second kappa shape index (κ2) is 7.11. The molecule has 0 bridgehead atoms. The number of amides is 1. The third-order valence-corrected chi connectivity index (χ3v) is 2.70. The molecule has 2 aromatic carbocycles. The summed E-state index contributed by atoms with van der Waals surface area (Å²) in [5, 5.41) is 3.94. The third kappa shape index (κ3) is 4.39. The Kier molecular flexibility index (Phi) is 4.87. The maximum absolute atomic E-state index is 11.7. The van der Waals surface area contributed by atoms with Crippen LogP contribution in [0, 0.1) is 0 Å². The van der Waals surface area contributed by atoms with Crippen LogP contribution in [0.5, 0.6) is 0 Å². The Morgan fingerprint density at radius 3 is 2.32 bits per heavy atom. The van der Waals surface area contributed by atoms with Gasteiger partial charge in [-0.25, -0.2) is 5.43 Å². The van der Waals surface area contributed by atoms with Crippen molar-refractivity contribution in [1.29, 1.82) is 0 Å². The van der Waals surface area contributed by atoms with E-state index in [2.05, 4.69) is 22.7 Å². The summed E-state index contributed by atoms with van der Waals surface area (Å²) in [5.74, 6) is -0.184. The molecule has 2 rings (SSSR count). The van der Waals surface area contributed by atoms with E-state index in [1.54, 1.807) is 18.3 Å². The van der Waals surface area contributed by atoms with Crippen molar-refractivity contribution >= 4 is 12.1 Å². The smallest absolute Gasteiger partial charge is 0.267 e. The standard InChI is InChI=1S/C16H16N2O/c19-16(15-11-5-2-6-12-15)18-17-13-7-10-14-8-3-1-4-9-14/h1-6,8-9,11-13H,7,10H2,(H,18,19)/b17-13-. The van der Waals surface area contributed by atoms with Gasteiger partial charge in [0.15, 0.2) is 0 Å². The van der Waals surface area contributed by atoms with E-state index in [9.17, 15) is 4.79 Å². The number of hydrogen-bond donors (Lipinski definition) is 1. The van der Waals surface area contributed by atoms with E-state index in [4.69, 9.17) is 0 Å². The van der Waals surface area contributed by atoms with E-state index in [-0.39, 0.29) is 5.91 Å². The third-order valence-electron chi connectivity index (χ3n) is 2.70. The Morgan fingerprint density at radius 2 is 1.63 bits per heavy atom. The molecule has 1 amide bonds. The van der Waals surface area contributed by atoms with Crippen molar-refractivity contribution < 1.29 is 4.79 Å². The van der Waals surface area contributed by atoms with E-state index < -0.39 is 0 Å². The second-order valence-electron chi connectivity index (χ2n) is 4.14. The molecule has 3 heteroatoms. The summed E-state index contributed by atoms with van der Waals surface area (Å²) in [7, 11) is 0. The Bertz CT molecular complexity index is 535. The van der Waals surface area contributed by atoms with E-state index in [0.29, 0.717) is 5.56 Å². The van der Waals surface area contributed by atoms with Crippen LogP contribution in [-0.4, -0.2) is 12.1 Å².